The van der Waals surface area contributed by atoms with Crippen molar-refractivity contribution in [1.82, 2.24) is 10.2 Å². The van der Waals surface area contributed by atoms with Crippen molar-refractivity contribution in [3.63, 3.8) is 0 Å². The highest BCUT2D eigenvalue weighted by Gasteiger charge is 2.45. The Morgan fingerprint density at radius 2 is 1.96 bits per heavy atom. The van der Waals surface area contributed by atoms with E-state index in [-0.39, 0.29) is 24.8 Å². The fourth-order valence-electron chi connectivity index (χ4n) is 3.31. The summed E-state index contributed by atoms with van der Waals surface area (Å²) < 4.78 is 5.95. The molecule has 7 heteroatoms. The fraction of sp³-hybridized carbons (Fsp3) is 0.500. The van der Waals surface area contributed by atoms with E-state index >= 15 is 0 Å². The number of piperidine rings is 1. The number of fused-ring (bicyclic) bond motifs is 1. The molecule has 2 aliphatic rings. The van der Waals surface area contributed by atoms with E-state index in [1.54, 1.807) is 12.1 Å². The van der Waals surface area contributed by atoms with E-state index in [9.17, 15) is 14.4 Å². The molecule has 0 aromatic heterocycles. The number of ether oxygens (including phenoxy) is 1. The lowest BCUT2D eigenvalue weighted by molar-refractivity contribution is -0.141. The van der Waals surface area contributed by atoms with E-state index in [2.05, 4.69) is 5.32 Å². The molecule has 3 amide bonds. The normalized spacial score (nSPS) is 22.9. The van der Waals surface area contributed by atoms with E-state index in [0.29, 0.717) is 25.0 Å². The van der Waals surface area contributed by atoms with Crippen LogP contribution in [-0.4, -0.2) is 47.0 Å². The number of aliphatic hydroxyl groups is 1. The van der Waals surface area contributed by atoms with Crippen molar-refractivity contribution in [2.75, 3.05) is 13.2 Å². The molecule has 25 heavy (non-hydrogen) atoms. The predicted octanol–water partition coefficient (Wildman–Crippen LogP) is 1.13. The molecular weight excluding hydrogens is 324 g/mol. The van der Waals surface area contributed by atoms with E-state index < -0.39 is 18.2 Å². The van der Waals surface area contributed by atoms with Gasteiger partial charge in [-0.25, -0.2) is 0 Å². The third-order valence-corrected chi connectivity index (χ3v) is 4.57. The van der Waals surface area contributed by atoms with Gasteiger partial charge in [-0.3, -0.25) is 24.6 Å². The standard InChI is InChI=1S/C18H22N2O5/c21-10-4-1-5-11-25-18-13-7-3-2-6-12(13)17(24)20(18)14-8-9-15(22)19-16(14)23/h2-3,6-7,14,18,21H,1,4-5,8-11H2,(H,19,22,23). The summed E-state index contributed by atoms with van der Waals surface area (Å²) in [5.74, 6) is -1.01. The summed E-state index contributed by atoms with van der Waals surface area (Å²) in [7, 11) is 0. The molecule has 1 aromatic rings. The molecule has 0 aliphatic carbocycles. The van der Waals surface area contributed by atoms with Crippen molar-refractivity contribution in [3.8, 4) is 0 Å². The molecule has 2 aliphatic heterocycles. The van der Waals surface area contributed by atoms with Crippen molar-refractivity contribution in [1.29, 1.82) is 0 Å². The summed E-state index contributed by atoms with van der Waals surface area (Å²) in [6.45, 7) is 0.573. The molecule has 3 rings (SSSR count). The second-order valence-electron chi connectivity index (χ2n) is 6.27. The van der Waals surface area contributed by atoms with Crippen LogP contribution in [0.15, 0.2) is 24.3 Å². The maximum absolute atomic E-state index is 12.8. The van der Waals surface area contributed by atoms with Crippen molar-refractivity contribution < 1.29 is 24.2 Å². The van der Waals surface area contributed by atoms with Crippen LogP contribution < -0.4 is 5.32 Å². The van der Waals surface area contributed by atoms with Gasteiger partial charge in [-0.15, -0.1) is 0 Å². The van der Waals surface area contributed by atoms with Gasteiger partial charge in [-0.05, 0) is 31.7 Å². The highest BCUT2D eigenvalue weighted by Crippen LogP contribution is 2.37. The predicted molar refractivity (Wildman–Crippen MR) is 88.4 cm³/mol. The number of benzene rings is 1. The van der Waals surface area contributed by atoms with Gasteiger partial charge in [0.15, 0.2) is 6.23 Å². The summed E-state index contributed by atoms with van der Waals surface area (Å²) in [6, 6.07) is 6.47. The smallest absolute Gasteiger partial charge is 0.257 e. The Labute approximate surface area is 146 Å². The van der Waals surface area contributed by atoms with Crippen molar-refractivity contribution in [2.24, 2.45) is 0 Å². The molecule has 7 nitrogen and oxygen atoms in total. The summed E-state index contributed by atoms with van der Waals surface area (Å²) >= 11 is 0. The lowest BCUT2D eigenvalue weighted by Crippen LogP contribution is -2.53. The van der Waals surface area contributed by atoms with Gasteiger partial charge in [0.25, 0.3) is 5.91 Å². The van der Waals surface area contributed by atoms with Gasteiger partial charge in [0, 0.05) is 30.8 Å². The summed E-state index contributed by atoms with van der Waals surface area (Å²) in [5, 5.41) is 11.1. The second kappa shape index (κ2) is 7.76. The second-order valence-corrected chi connectivity index (χ2v) is 6.27. The lowest BCUT2D eigenvalue weighted by atomic mass is 10.0. The van der Waals surface area contributed by atoms with Crippen LogP contribution in [0.25, 0.3) is 0 Å². The number of imide groups is 1. The number of aliphatic hydroxyl groups excluding tert-OH is 1. The maximum Gasteiger partial charge on any atom is 0.257 e. The minimum atomic E-state index is -0.708. The first-order chi connectivity index (χ1) is 12.1. The minimum absolute atomic E-state index is 0.146. The SMILES string of the molecule is O=C1CCC(N2C(=O)c3ccccc3C2OCCCCCO)C(=O)N1. The first-order valence-corrected chi connectivity index (χ1v) is 8.61. The van der Waals surface area contributed by atoms with Crippen LogP contribution in [-0.2, 0) is 14.3 Å². The Balaban J connectivity index is 1.78. The van der Waals surface area contributed by atoms with Crippen LogP contribution in [0.1, 0.15) is 54.3 Å². The number of unbranched alkanes of at least 4 members (excludes halogenated alkanes) is 2. The number of nitrogens with one attached hydrogen (secondary N) is 1. The summed E-state index contributed by atoms with van der Waals surface area (Å²) in [5.41, 5.74) is 1.28. The zero-order valence-corrected chi connectivity index (χ0v) is 13.9. The molecule has 1 saturated heterocycles. The highest BCUT2D eigenvalue weighted by atomic mass is 16.5. The Hall–Kier alpha value is -2.25. The zero-order valence-electron chi connectivity index (χ0n) is 13.9. The average molecular weight is 346 g/mol. The van der Waals surface area contributed by atoms with Crippen LogP contribution in [0, 0.1) is 0 Å². The third kappa shape index (κ3) is 3.57. The highest BCUT2D eigenvalue weighted by molar-refractivity contribution is 6.05. The Bertz CT molecular complexity index is 675. The van der Waals surface area contributed by atoms with E-state index in [4.69, 9.17) is 9.84 Å². The topological polar surface area (TPSA) is 95.9 Å². The Morgan fingerprint density at radius 3 is 2.72 bits per heavy atom. The van der Waals surface area contributed by atoms with Crippen LogP contribution in [0.3, 0.4) is 0 Å². The van der Waals surface area contributed by atoms with Gasteiger partial charge in [-0.1, -0.05) is 18.2 Å². The number of amides is 3. The molecule has 1 fully saturated rings. The first-order valence-electron chi connectivity index (χ1n) is 8.61. The third-order valence-electron chi connectivity index (χ3n) is 4.57. The first kappa shape index (κ1) is 17.6. The number of nitrogens with zero attached hydrogens (tertiary/aromatic N) is 1. The van der Waals surface area contributed by atoms with Gasteiger partial charge in [0.1, 0.15) is 6.04 Å². The van der Waals surface area contributed by atoms with Gasteiger partial charge < -0.3 is 9.84 Å². The van der Waals surface area contributed by atoms with Crippen molar-refractivity contribution in [3.05, 3.63) is 35.4 Å². The maximum atomic E-state index is 12.8. The summed E-state index contributed by atoms with van der Waals surface area (Å²) in [6.07, 6.45) is 2.18. The molecule has 2 heterocycles. The number of hydrogen-bond acceptors (Lipinski definition) is 5. The molecule has 0 spiro atoms. The van der Waals surface area contributed by atoms with Gasteiger partial charge in [0.2, 0.25) is 11.8 Å². The van der Waals surface area contributed by atoms with E-state index in [0.717, 1.165) is 18.4 Å². The minimum Gasteiger partial charge on any atom is -0.396 e. The zero-order chi connectivity index (χ0) is 17.8. The Kier molecular flexibility index (Phi) is 5.45. The van der Waals surface area contributed by atoms with Gasteiger partial charge >= 0.3 is 0 Å². The molecule has 2 unspecified atom stereocenters. The lowest BCUT2D eigenvalue weighted by Gasteiger charge is -2.34. The molecule has 134 valence electrons. The van der Waals surface area contributed by atoms with Crippen LogP contribution >= 0.6 is 0 Å². The van der Waals surface area contributed by atoms with Gasteiger partial charge in [-0.2, -0.15) is 0 Å². The monoisotopic (exact) mass is 346 g/mol. The van der Waals surface area contributed by atoms with Crippen molar-refractivity contribution >= 4 is 17.7 Å². The molecule has 0 bridgehead atoms. The number of hydrogen-bond donors (Lipinski definition) is 2. The number of carbonyl (C=O) groups excluding carboxylic acids is 3. The number of rotatable bonds is 7. The van der Waals surface area contributed by atoms with Crippen molar-refractivity contribution in [2.45, 2.75) is 44.4 Å². The van der Waals surface area contributed by atoms with Crippen LogP contribution in [0.4, 0.5) is 0 Å². The number of carbonyl (C=O) groups is 3. The molecule has 2 N–H and O–H groups in total. The van der Waals surface area contributed by atoms with Gasteiger partial charge in [0.05, 0.1) is 0 Å². The van der Waals surface area contributed by atoms with Crippen LogP contribution in [0.2, 0.25) is 0 Å². The quantitative estimate of drug-likeness (QED) is 0.570. The average Bonchev–Trinajstić information content (AvgIpc) is 2.88. The molecule has 2 atom stereocenters. The van der Waals surface area contributed by atoms with E-state index in [1.165, 1.54) is 4.90 Å². The molecule has 0 saturated carbocycles. The van der Waals surface area contributed by atoms with E-state index in [1.807, 2.05) is 12.1 Å². The fourth-order valence-corrected chi connectivity index (χ4v) is 3.31. The largest absolute Gasteiger partial charge is 0.396 e. The van der Waals surface area contributed by atoms with Crippen LogP contribution in [0.5, 0.6) is 0 Å². The molecule has 1 aromatic carbocycles. The Morgan fingerprint density at radius 1 is 1.16 bits per heavy atom. The summed E-state index contributed by atoms with van der Waals surface area (Å²) in [4.78, 5) is 37.9. The molecule has 0 radical (unpaired) electrons. The molecular formula is C18H22N2O5.